The number of ether oxygens (including phenoxy) is 2. The zero-order chi connectivity index (χ0) is 21.9. The Morgan fingerprint density at radius 3 is 1.96 bits per heavy atom. The van der Waals surface area contributed by atoms with Crippen LogP contribution >= 0.6 is 0 Å². The van der Waals surface area contributed by atoms with Crippen LogP contribution in [0.1, 0.15) is 99.3 Å². The molecule has 4 nitrogen and oxygen atoms in total. The van der Waals surface area contributed by atoms with Crippen molar-refractivity contribution in [2.45, 2.75) is 112 Å². The van der Waals surface area contributed by atoms with E-state index >= 15 is 0 Å². The third kappa shape index (κ3) is 14.5. The Morgan fingerprint density at radius 2 is 1.54 bits per heavy atom. The molecule has 0 spiro atoms. The lowest BCUT2D eigenvalue weighted by atomic mass is 9.97. The summed E-state index contributed by atoms with van der Waals surface area (Å²) in [5.41, 5.74) is 0.567. The lowest BCUT2D eigenvalue weighted by molar-refractivity contribution is -0.147. The van der Waals surface area contributed by atoms with Gasteiger partial charge in [0.25, 0.3) is 0 Å². The van der Waals surface area contributed by atoms with Gasteiger partial charge in [-0.2, -0.15) is 0 Å². The maximum absolute atomic E-state index is 11.5. The highest BCUT2D eigenvalue weighted by Crippen LogP contribution is 2.18. The second kappa shape index (κ2) is 18.8. The third-order valence-electron chi connectivity index (χ3n) is 4.69. The number of carbonyl (C=O) groups excluding carboxylic acids is 2. The van der Waals surface area contributed by atoms with Crippen LogP contribution in [-0.4, -0.2) is 24.1 Å². The molecule has 164 valence electrons. The summed E-state index contributed by atoms with van der Waals surface area (Å²) in [5.74, 6) is -0.0875. The van der Waals surface area contributed by atoms with E-state index in [9.17, 15) is 9.59 Å². The van der Waals surface area contributed by atoms with E-state index in [-0.39, 0.29) is 24.1 Å². The highest BCUT2D eigenvalue weighted by atomic mass is 16.5. The molecule has 0 aromatic heterocycles. The van der Waals surface area contributed by atoms with E-state index in [0.29, 0.717) is 17.9 Å². The number of carbonyl (C=O) groups is 2. The van der Waals surface area contributed by atoms with Crippen LogP contribution in [0.3, 0.4) is 0 Å². The van der Waals surface area contributed by atoms with Crippen molar-refractivity contribution in [1.29, 1.82) is 0 Å². The molecule has 0 N–H and O–H groups in total. The minimum absolute atomic E-state index is 0.0424. The molecule has 0 aromatic carbocycles. The summed E-state index contributed by atoms with van der Waals surface area (Å²) < 4.78 is 10.6. The second-order valence-electron chi connectivity index (χ2n) is 7.27. The first-order chi connectivity index (χ1) is 13.3. The molecule has 0 amide bonds. The molecular weight excluding hydrogens is 352 g/mol. The molecule has 28 heavy (non-hydrogen) atoms. The highest BCUT2D eigenvalue weighted by Gasteiger charge is 2.19. The van der Waals surface area contributed by atoms with Gasteiger partial charge in [0, 0.05) is 11.6 Å². The predicted molar refractivity (Wildman–Crippen MR) is 118 cm³/mol. The fourth-order valence-corrected chi connectivity index (χ4v) is 2.84. The van der Waals surface area contributed by atoms with E-state index < -0.39 is 0 Å². The van der Waals surface area contributed by atoms with Gasteiger partial charge in [-0.3, -0.25) is 0 Å². The molecular formula is C24H44O4. The van der Waals surface area contributed by atoms with Gasteiger partial charge in [-0.25, -0.2) is 9.59 Å². The molecule has 0 aliphatic heterocycles. The molecule has 0 radical (unpaired) electrons. The first-order valence-corrected chi connectivity index (χ1v) is 11.0. The van der Waals surface area contributed by atoms with Crippen molar-refractivity contribution < 1.29 is 19.1 Å². The topological polar surface area (TPSA) is 52.6 Å². The van der Waals surface area contributed by atoms with Crippen LogP contribution in [0.4, 0.5) is 0 Å². The van der Waals surface area contributed by atoms with E-state index in [1.54, 1.807) is 0 Å². The van der Waals surface area contributed by atoms with Gasteiger partial charge in [-0.1, -0.05) is 80.4 Å². The molecule has 3 atom stereocenters. The minimum atomic E-state index is -0.297. The fraction of sp³-hybridized carbons (Fsp3) is 0.750. The Labute approximate surface area is 173 Å². The number of unbranched alkanes of at least 4 members (excludes halogenated alkanes) is 1. The van der Waals surface area contributed by atoms with Gasteiger partial charge in [0.15, 0.2) is 0 Å². The zero-order valence-electron chi connectivity index (χ0n) is 19.2. The number of hydrogen-bond acceptors (Lipinski definition) is 4. The van der Waals surface area contributed by atoms with Crippen LogP contribution < -0.4 is 0 Å². The van der Waals surface area contributed by atoms with Gasteiger partial charge < -0.3 is 9.47 Å². The third-order valence-corrected chi connectivity index (χ3v) is 4.69. The molecule has 0 saturated carbocycles. The summed E-state index contributed by atoms with van der Waals surface area (Å²) in [6, 6.07) is 0. The van der Waals surface area contributed by atoms with E-state index in [2.05, 4.69) is 47.8 Å². The van der Waals surface area contributed by atoms with E-state index in [1.807, 2.05) is 6.92 Å². The zero-order valence-corrected chi connectivity index (χ0v) is 19.2. The van der Waals surface area contributed by atoms with Crippen molar-refractivity contribution >= 4 is 11.9 Å². The lowest BCUT2D eigenvalue weighted by Gasteiger charge is -2.22. The summed E-state index contributed by atoms with van der Waals surface area (Å²) in [6.45, 7) is 19.6. The Balaban J connectivity index is 0. The number of rotatable bonds is 14. The molecule has 0 fully saturated rings. The highest BCUT2D eigenvalue weighted by molar-refractivity contribution is 5.87. The van der Waals surface area contributed by atoms with E-state index in [1.165, 1.54) is 6.08 Å². The molecule has 0 rings (SSSR count). The second-order valence-corrected chi connectivity index (χ2v) is 7.27. The Morgan fingerprint density at radius 1 is 0.929 bits per heavy atom. The number of esters is 2. The molecule has 0 aromatic rings. The van der Waals surface area contributed by atoms with Crippen molar-refractivity contribution in [2.24, 2.45) is 5.92 Å². The number of hydrogen-bond donors (Lipinski definition) is 0. The van der Waals surface area contributed by atoms with Crippen molar-refractivity contribution in [3.63, 3.8) is 0 Å². The van der Waals surface area contributed by atoms with Crippen molar-refractivity contribution in [3.8, 4) is 0 Å². The van der Waals surface area contributed by atoms with Gasteiger partial charge in [-0.05, 0) is 38.0 Å². The van der Waals surface area contributed by atoms with Gasteiger partial charge in [0.1, 0.15) is 12.2 Å². The summed E-state index contributed by atoms with van der Waals surface area (Å²) in [6.07, 6.45) is 10.4. The Bertz CT molecular complexity index is 442. The first-order valence-electron chi connectivity index (χ1n) is 11.0. The van der Waals surface area contributed by atoms with Crippen LogP contribution in [-0.2, 0) is 19.1 Å². The maximum Gasteiger partial charge on any atom is 0.333 e. The lowest BCUT2D eigenvalue weighted by Crippen LogP contribution is -2.25. The molecule has 0 bridgehead atoms. The summed E-state index contributed by atoms with van der Waals surface area (Å²) in [7, 11) is 0. The first kappa shape index (κ1) is 28.6. The van der Waals surface area contributed by atoms with Crippen LogP contribution in [0.15, 0.2) is 24.8 Å². The largest absolute Gasteiger partial charge is 0.459 e. The maximum atomic E-state index is 11.5. The van der Waals surface area contributed by atoms with E-state index in [0.717, 1.165) is 51.4 Å². The van der Waals surface area contributed by atoms with E-state index in [4.69, 9.17) is 9.47 Å². The molecule has 0 saturated heterocycles. The molecule has 0 aliphatic carbocycles. The smallest absolute Gasteiger partial charge is 0.333 e. The fourth-order valence-electron chi connectivity index (χ4n) is 2.84. The monoisotopic (exact) mass is 396 g/mol. The van der Waals surface area contributed by atoms with Crippen molar-refractivity contribution in [1.82, 2.24) is 0 Å². The molecule has 4 heteroatoms. The Kier molecular flexibility index (Phi) is 19.2. The van der Waals surface area contributed by atoms with Crippen molar-refractivity contribution in [2.75, 3.05) is 0 Å². The minimum Gasteiger partial charge on any atom is -0.459 e. The SMILES string of the molecule is C=C(CC)C(=O)OC(CC)C(C)CCC.C=CC(=O)OC(CCC)CCCC. The standard InChI is InChI=1S/C13H24O2.C11H20O2/c1-6-9-11(5)12(8-3)15-13(14)10(4)7-2;1-4-7-9-10(8-5-2)13-11(12)6-3/h11-12H,4,6-9H2,1-3,5H3;6,10H,3-5,7-9H2,1-2H3. The Hall–Kier alpha value is -1.58. The van der Waals surface area contributed by atoms with Crippen LogP contribution in [0, 0.1) is 5.92 Å². The summed E-state index contributed by atoms with van der Waals surface area (Å²) in [5, 5.41) is 0. The average molecular weight is 397 g/mol. The normalized spacial score (nSPS) is 13.4. The predicted octanol–water partition coefficient (Wildman–Crippen LogP) is 6.79. The van der Waals surface area contributed by atoms with Gasteiger partial charge >= 0.3 is 11.9 Å². The van der Waals surface area contributed by atoms with Crippen LogP contribution in [0.25, 0.3) is 0 Å². The summed E-state index contributed by atoms with van der Waals surface area (Å²) in [4.78, 5) is 22.5. The van der Waals surface area contributed by atoms with Gasteiger partial charge in [-0.15, -0.1) is 0 Å². The quantitative estimate of drug-likeness (QED) is 0.240. The summed E-state index contributed by atoms with van der Waals surface area (Å²) >= 11 is 0. The van der Waals surface area contributed by atoms with Gasteiger partial charge in [0.2, 0.25) is 0 Å². The van der Waals surface area contributed by atoms with Crippen molar-refractivity contribution in [3.05, 3.63) is 24.8 Å². The molecule has 0 heterocycles. The average Bonchev–Trinajstić information content (AvgIpc) is 2.69. The van der Waals surface area contributed by atoms with Crippen LogP contribution in [0.5, 0.6) is 0 Å². The molecule has 3 unspecified atom stereocenters. The van der Waals surface area contributed by atoms with Gasteiger partial charge in [0.05, 0.1) is 0 Å². The molecule has 0 aliphatic rings. The van der Waals surface area contributed by atoms with Crippen LogP contribution in [0.2, 0.25) is 0 Å².